The van der Waals surface area contributed by atoms with Crippen LogP contribution in [-0.2, 0) is 11.3 Å². The molecule has 0 aliphatic carbocycles. The number of hydrogen-bond acceptors (Lipinski definition) is 5. The number of likely N-dealkylation sites (tertiary alicyclic amines) is 2. The lowest BCUT2D eigenvalue weighted by Gasteiger charge is -2.30. The third-order valence-electron chi connectivity index (χ3n) is 6.33. The molecule has 3 heterocycles. The largest absolute Gasteiger partial charge is 0.444 e. The quantitative estimate of drug-likeness (QED) is 0.508. The highest BCUT2D eigenvalue weighted by Gasteiger charge is 2.28. The van der Waals surface area contributed by atoms with Crippen LogP contribution in [-0.4, -0.2) is 72.0 Å². The van der Waals surface area contributed by atoms with Gasteiger partial charge in [-0.05, 0) is 59.0 Å². The number of aryl methyl sites for hydroxylation is 2. The average Bonchev–Trinajstić information content (AvgIpc) is 3.33. The van der Waals surface area contributed by atoms with Crippen LogP contribution < -0.4 is 10.6 Å². The molecule has 3 rings (SSSR count). The lowest BCUT2D eigenvalue weighted by Crippen LogP contribution is -2.45. The molecular weight excluding hydrogens is 392 g/mol. The third kappa shape index (κ3) is 6.69. The summed E-state index contributed by atoms with van der Waals surface area (Å²) in [6.45, 7) is 16.1. The van der Waals surface area contributed by atoms with E-state index in [1.165, 1.54) is 0 Å². The number of nitrogens with zero attached hydrogens (tertiary/aromatic N) is 4. The molecule has 1 unspecified atom stereocenters. The molecule has 8 nitrogen and oxygen atoms in total. The van der Waals surface area contributed by atoms with E-state index in [-0.39, 0.29) is 17.9 Å². The third-order valence-corrected chi connectivity index (χ3v) is 6.33. The molecule has 174 valence electrons. The molecule has 0 aromatic carbocycles. The van der Waals surface area contributed by atoms with Gasteiger partial charge in [-0.1, -0.05) is 13.8 Å². The number of amides is 1. The van der Waals surface area contributed by atoms with Gasteiger partial charge in [0.15, 0.2) is 5.96 Å². The maximum atomic E-state index is 12.2. The summed E-state index contributed by atoms with van der Waals surface area (Å²) in [7, 11) is 0. The molecule has 1 atom stereocenters. The standard InChI is InChI=1S/C23H40N6O2/c1-6-24-23(27-20-9-12-29(14-20)22(30)16(2)3)25-13-19-7-10-28(11-8-19)15-21-26-17(4)18(5)31-21/h16,19-20H,6-15H2,1-5H3,(H2,24,25,27). The Balaban J connectivity index is 1.44. The number of carbonyl (C=O) groups excluding carboxylic acids is 1. The highest BCUT2D eigenvalue weighted by atomic mass is 16.4. The van der Waals surface area contributed by atoms with Crippen molar-refractivity contribution in [3.05, 3.63) is 17.3 Å². The molecule has 0 saturated carbocycles. The van der Waals surface area contributed by atoms with E-state index in [1.807, 2.05) is 32.6 Å². The summed E-state index contributed by atoms with van der Waals surface area (Å²) in [6.07, 6.45) is 3.25. The first kappa shape index (κ1) is 23.6. The maximum Gasteiger partial charge on any atom is 0.225 e. The van der Waals surface area contributed by atoms with Gasteiger partial charge in [0.2, 0.25) is 11.8 Å². The van der Waals surface area contributed by atoms with Gasteiger partial charge >= 0.3 is 0 Å². The fourth-order valence-corrected chi connectivity index (χ4v) is 4.30. The highest BCUT2D eigenvalue weighted by Crippen LogP contribution is 2.20. The molecular formula is C23H40N6O2. The zero-order valence-corrected chi connectivity index (χ0v) is 19.9. The molecule has 2 saturated heterocycles. The van der Waals surface area contributed by atoms with Gasteiger partial charge in [-0.2, -0.15) is 0 Å². The minimum atomic E-state index is 0.0585. The van der Waals surface area contributed by atoms with E-state index in [0.717, 1.165) is 88.4 Å². The SMILES string of the molecule is CCNC(=NCC1CCN(Cc2nc(C)c(C)o2)CC1)NC1CCN(C(=O)C(C)C)C1. The minimum Gasteiger partial charge on any atom is -0.444 e. The predicted octanol–water partition coefficient (Wildman–Crippen LogP) is 2.32. The Morgan fingerprint density at radius 3 is 2.58 bits per heavy atom. The van der Waals surface area contributed by atoms with Crippen LogP contribution in [0.25, 0.3) is 0 Å². The second-order valence-electron chi connectivity index (χ2n) is 9.26. The van der Waals surface area contributed by atoms with E-state index in [0.29, 0.717) is 5.92 Å². The normalized spacial score (nSPS) is 21.2. The van der Waals surface area contributed by atoms with Crippen LogP contribution in [0.15, 0.2) is 9.41 Å². The minimum absolute atomic E-state index is 0.0585. The van der Waals surface area contributed by atoms with Crippen LogP contribution in [0.4, 0.5) is 0 Å². The first-order valence-electron chi connectivity index (χ1n) is 11.8. The van der Waals surface area contributed by atoms with Crippen molar-refractivity contribution in [2.24, 2.45) is 16.8 Å². The molecule has 1 amide bonds. The molecule has 0 bridgehead atoms. The Bertz CT molecular complexity index is 732. The van der Waals surface area contributed by atoms with Crippen molar-refractivity contribution in [1.82, 2.24) is 25.4 Å². The van der Waals surface area contributed by atoms with Crippen molar-refractivity contribution in [3.8, 4) is 0 Å². The first-order valence-corrected chi connectivity index (χ1v) is 11.8. The summed E-state index contributed by atoms with van der Waals surface area (Å²) in [4.78, 5) is 26.0. The van der Waals surface area contributed by atoms with Crippen molar-refractivity contribution < 1.29 is 9.21 Å². The van der Waals surface area contributed by atoms with Gasteiger partial charge in [-0.15, -0.1) is 0 Å². The molecule has 2 aliphatic rings. The molecule has 1 aromatic rings. The summed E-state index contributed by atoms with van der Waals surface area (Å²) in [5.41, 5.74) is 0.988. The van der Waals surface area contributed by atoms with Gasteiger partial charge in [0.25, 0.3) is 0 Å². The van der Waals surface area contributed by atoms with E-state index in [2.05, 4.69) is 27.4 Å². The number of nitrogens with one attached hydrogen (secondary N) is 2. The number of rotatable bonds is 7. The van der Waals surface area contributed by atoms with Crippen molar-refractivity contribution in [2.75, 3.05) is 39.3 Å². The topological polar surface area (TPSA) is 86.0 Å². The van der Waals surface area contributed by atoms with Crippen LogP contribution >= 0.6 is 0 Å². The van der Waals surface area contributed by atoms with E-state index < -0.39 is 0 Å². The average molecular weight is 433 g/mol. The van der Waals surface area contributed by atoms with Gasteiger partial charge in [0.1, 0.15) is 5.76 Å². The van der Waals surface area contributed by atoms with Crippen molar-refractivity contribution in [1.29, 1.82) is 0 Å². The van der Waals surface area contributed by atoms with Crippen LogP contribution in [0, 0.1) is 25.7 Å². The highest BCUT2D eigenvalue weighted by molar-refractivity contribution is 5.81. The summed E-state index contributed by atoms with van der Waals surface area (Å²) in [6, 6.07) is 0.273. The second kappa shape index (κ2) is 11.0. The Morgan fingerprint density at radius 1 is 1.23 bits per heavy atom. The molecule has 2 aliphatic heterocycles. The Hall–Kier alpha value is -2.09. The van der Waals surface area contributed by atoms with Gasteiger partial charge in [-0.25, -0.2) is 4.98 Å². The Labute approximate surface area is 186 Å². The molecule has 0 spiro atoms. The van der Waals surface area contributed by atoms with E-state index >= 15 is 0 Å². The van der Waals surface area contributed by atoms with Crippen molar-refractivity contribution >= 4 is 11.9 Å². The number of piperidine rings is 1. The fraction of sp³-hybridized carbons (Fsp3) is 0.783. The molecule has 1 aromatic heterocycles. The number of guanidine groups is 1. The number of oxazole rings is 1. The first-order chi connectivity index (χ1) is 14.9. The van der Waals surface area contributed by atoms with Gasteiger partial charge in [-0.3, -0.25) is 14.7 Å². The van der Waals surface area contributed by atoms with E-state index in [9.17, 15) is 4.79 Å². The van der Waals surface area contributed by atoms with Crippen LogP contribution in [0.2, 0.25) is 0 Å². The summed E-state index contributed by atoms with van der Waals surface area (Å²) < 4.78 is 5.73. The van der Waals surface area contributed by atoms with Crippen LogP contribution in [0.3, 0.4) is 0 Å². The van der Waals surface area contributed by atoms with Gasteiger partial charge < -0.3 is 20.0 Å². The number of aromatic nitrogens is 1. The molecule has 2 N–H and O–H groups in total. The predicted molar refractivity (Wildman–Crippen MR) is 123 cm³/mol. The number of hydrogen-bond donors (Lipinski definition) is 2. The lowest BCUT2D eigenvalue weighted by molar-refractivity contribution is -0.133. The molecule has 2 fully saturated rings. The zero-order valence-electron chi connectivity index (χ0n) is 19.9. The second-order valence-corrected chi connectivity index (χ2v) is 9.26. The van der Waals surface area contributed by atoms with Crippen LogP contribution in [0.5, 0.6) is 0 Å². The van der Waals surface area contributed by atoms with E-state index in [4.69, 9.17) is 9.41 Å². The Kier molecular flexibility index (Phi) is 8.35. The summed E-state index contributed by atoms with van der Waals surface area (Å²) in [5.74, 6) is 3.52. The van der Waals surface area contributed by atoms with Crippen molar-refractivity contribution in [2.45, 2.75) is 66.5 Å². The van der Waals surface area contributed by atoms with Crippen molar-refractivity contribution in [3.63, 3.8) is 0 Å². The van der Waals surface area contributed by atoms with E-state index in [1.54, 1.807) is 0 Å². The zero-order chi connectivity index (χ0) is 22.4. The Morgan fingerprint density at radius 2 is 1.97 bits per heavy atom. The van der Waals surface area contributed by atoms with Gasteiger partial charge in [0.05, 0.1) is 12.2 Å². The molecule has 8 heteroatoms. The summed E-state index contributed by atoms with van der Waals surface area (Å²) >= 11 is 0. The summed E-state index contributed by atoms with van der Waals surface area (Å²) in [5, 5.41) is 6.91. The fourth-order valence-electron chi connectivity index (χ4n) is 4.30. The number of aliphatic imine (C=N–C) groups is 1. The maximum absolute atomic E-state index is 12.2. The molecule has 0 radical (unpaired) electrons. The lowest BCUT2D eigenvalue weighted by atomic mass is 9.97. The van der Waals surface area contributed by atoms with Gasteiger partial charge in [0, 0.05) is 38.1 Å². The van der Waals surface area contributed by atoms with Crippen LogP contribution in [0.1, 0.15) is 57.4 Å². The molecule has 31 heavy (non-hydrogen) atoms. The number of carbonyl (C=O) groups is 1. The smallest absolute Gasteiger partial charge is 0.225 e. The monoisotopic (exact) mass is 432 g/mol.